The van der Waals surface area contributed by atoms with Gasteiger partial charge in [-0.1, -0.05) is 59.6 Å². The van der Waals surface area contributed by atoms with Crippen molar-refractivity contribution in [3.05, 3.63) is 88.4 Å². The number of nitrogens with zero attached hydrogens (tertiary/aromatic N) is 2. The van der Waals surface area contributed by atoms with Crippen molar-refractivity contribution in [3.63, 3.8) is 0 Å². The summed E-state index contributed by atoms with van der Waals surface area (Å²) in [5.41, 5.74) is 2.04. The average molecular weight is 645 g/mol. The summed E-state index contributed by atoms with van der Waals surface area (Å²) in [6, 6.07) is 19.6. The summed E-state index contributed by atoms with van der Waals surface area (Å²) >= 11 is 3.39. The molecule has 0 radical (unpaired) electrons. The lowest BCUT2D eigenvalue weighted by atomic mass is 10.1. The van der Waals surface area contributed by atoms with E-state index in [1.165, 1.54) is 17.0 Å². The largest absolute Gasteiger partial charge is 0.497 e. The van der Waals surface area contributed by atoms with Gasteiger partial charge in [0.15, 0.2) is 0 Å². The normalized spacial score (nSPS) is 12.7. The van der Waals surface area contributed by atoms with Gasteiger partial charge in [-0.3, -0.25) is 13.9 Å². The molecule has 0 aromatic heterocycles. The zero-order valence-corrected chi connectivity index (χ0v) is 26.5. The van der Waals surface area contributed by atoms with Gasteiger partial charge in [0.2, 0.25) is 11.8 Å². The number of benzene rings is 3. The second-order valence-corrected chi connectivity index (χ2v) is 12.7. The van der Waals surface area contributed by atoms with E-state index in [-0.39, 0.29) is 23.4 Å². The number of carbonyl (C=O) groups is 2. The number of hydrogen-bond acceptors (Lipinski definition) is 5. The maximum atomic E-state index is 14.1. The van der Waals surface area contributed by atoms with Crippen molar-refractivity contribution in [2.45, 2.75) is 64.1 Å². The van der Waals surface area contributed by atoms with Crippen LogP contribution in [0.25, 0.3) is 0 Å². The molecule has 0 unspecified atom stereocenters. The smallest absolute Gasteiger partial charge is 0.264 e. The maximum absolute atomic E-state index is 14.1. The Kier molecular flexibility index (Phi) is 11.4. The number of amides is 2. The summed E-state index contributed by atoms with van der Waals surface area (Å²) in [4.78, 5) is 29.0. The van der Waals surface area contributed by atoms with Crippen molar-refractivity contribution >= 4 is 43.5 Å². The zero-order chi connectivity index (χ0) is 30.2. The van der Waals surface area contributed by atoms with Gasteiger partial charge >= 0.3 is 0 Å². The summed E-state index contributed by atoms with van der Waals surface area (Å²) in [6.45, 7) is 7.22. The third kappa shape index (κ3) is 8.33. The first-order valence-electron chi connectivity index (χ1n) is 13.6. The first kappa shape index (κ1) is 32.1. The highest BCUT2D eigenvalue weighted by atomic mass is 79.9. The molecule has 1 N–H and O–H groups in total. The van der Waals surface area contributed by atoms with Gasteiger partial charge in [-0.15, -0.1) is 0 Å². The van der Waals surface area contributed by atoms with Crippen molar-refractivity contribution in [3.8, 4) is 5.75 Å². The number of ether oxygens (including phenoxy) is 1. The quantitative estimate of drug-likeness (QED) is 0.258. The monoisotopic (exact) mass is 643 g/mol. The molecular formula is C31H38BrN3O5S. The number of rotatable bonds is 13. The van der Waals surface area contributed by atoms with E-state index in [9.17, 15) is 18.0 Å². The van der Waals surface area contributed by atoms with Crippen LogP contribution in [0.15, 0.2) is 82.2 Å². The third-order valence-electron chi connectivity index (χ3n) is 6.90. The van der Waals surface area contributed by atoms with Crippen molar-refractivity contribution in [1.29, 1.82) is 0 Å². The molecule has 0 saturated heterocycles. The first-order chi connectivity index (χ1) is 19.5. The van der Waals surface area contributed by atoms with Gasteiger partial charge in [-0.25, -0.2) is 8.42 Å². The Morgan fingerprint density at radius 2 is 1.54 bits per heavy atom. The Balaban J connectivity index is 2.05. The van der Waals surface area contributed by atoms with Crippen LogP contribution in [-0.2, 0) is 26.2 Å². The predicted molar refractivity (Wildman–Crippen MR) is 165 cm³/mol. The van der Waals surface area contributed by atoms with Gasteiger partial charge in [0.05, 0.1) is 17.7 Å². The SMILES string of the molecule is CC[C@H](C)NC(=O)[C@H](CC)N(Cc1ccc(OC)cc1)C(=O)CN(c1ccc(Br)cc1)S(=O)(=O)c1ccc(C)cc1. The van der Waals surface area contributed by atoms with Crippen molar-refractivity contribution in [2.75, 3.05) is 18.0 Å². The topological polar surface area (TPSA) is 96.0 Å². The van der Waals surface area contributed by atoms with Crippen LogP contribution in [-0.4, -0.2) is 50.9 Å². The van der Waals surface area contributed by atoms with E-state index in [0.29, 0.717) is 17.9 Å². The van der Waals surface area contributed by atoms with E-state index in [1.807, 2.05) is 39.8 Å². The molecule has 2 amide bonds. The van der Waals surface area contributed by atoms with E-state index in [4.69, 9.17) is 4.74 Å². The Hall–Kier alpha value is -3.37. The second kappa shape index (κ2) is 14.5. The summed E-state index contributed by atoms with van der Waals surface area (Å²) in [5.74, 6) is -0.107. The van der Waals surface area contributed by atoms with Crippen LogP contribution in [0.3, 0.4) is 0 Å². The number of anilines is 1. The highest BCUT2D eigenvalue weighted by Crippen LogP contribution is 2.27. The molecule has 0 fully saturated rings. The molecule has 0 aliphatic heterocycles. The fraction of sp³-hybridized carbons (Fsp3) is 0.355. The molecule has 0 spiro atoms. The lowest BCUT2D eigenvalue weighted by molar-refractivity contribution is -0.140. The highest BCUT2D eigenvalue weighted by molar-refractivity contribution is 9.10. The number of aryl methyl sites for hydroxylation is 1. The fourth-order valence-electron chi connectivity index (χ4n) is 4.26. The minimum absolute atomic E-state index is 0.0714. The average Bonchev–Trinajstić information content (AvgIpc) is 2.96. The molecule has 0 saturated carbocycles. The van der Waals surface area contributed by atoms with Gasteiger partial charge in [0.25, 0.3) is 10.0 Å². The standard InChI is InChI=1S/C31H38BrN3O5S/c1-6-23(4)33-31(37)29(7-2)34(20-24-10-16-27(40-5)17-11-24)30(36)21-35(26-14-12-25(32)13-15-26)41(38,39)28-18-8-22(3)9-19-28/h8-19,23,29H,6-7,20-21H2,1-5H3,(H,33,37)/t23-,29-/m0/s1. The minimum atomic E-state index is -4.12. The van der Waals surface area contributed by atoms with Gasteiger partial charge in [0, 0.05) is 17.1 Å². The minimum Gasteiger partial charge on any atom is -0.497 e. The molecule has 0 bridgehead atoms. The number of methoxy groups -OCH3 is 1. The third-order valence-corrected chi connectivity index (χ3v) is 9.22. The molecule has 3 aromatic rings. The van der Waals surface area contributed by atoms with Crippen molar-refractivity contribution in [2.24, 2.45) is 0 Å². The molecule has 3 aromatic carbocycles. The van der Waals surface area contributed by atoms with E-state index in [1.54, 1.807) is 55.6 Å². The number of halogens is 1. The maximum Gasteiger partial charge on any atom is 0.264 e. The molecule has 3 rings (SSSR count). The van der Waals surface area contributed by atoms with Crippen LogP contribution in [0.4, 0.5) is 5.69 Å². The summed E-state index contributed by atoms with van der Waals surface area (Å²) in [5, 5.41) is 2.98. The molecule has 41 heavy (non-hydrogen) atoms. The number of carbonyl (C=O) groups excluding carboxylic acids is 2. The zero-order valence-electron chi connectivity index (χ0n) is 24.1. The van der Waals surface area contributed by atoms with Gasteiger partial charge in [-0.2, -0.15) is 0 Å². The Morgan fingerprint density at radius 1 is 0.927 bits per heavy atom. The Bertz CT molecular complexity index is 1410. The fourth-order valence-corrected chi connectivity index (χ4v) is 5.94. The predicted octanol–water partition coefficient (Wildman–Crippen LogP) is 5.68. The van der Waals surface area contributed by atoms with Crippen LogP contribution < -0.4 is 14.4 Å². The molecule has 0 heterocycles. The second-order valence-electron chi connectivity index (χ2n) is 9.91. The van der Waals surface area contributed by atoms with Crippen LogP contribution in [0.2, 0.25) is 0 Å². The molecule has 220 valence electrons. The van der Waals surface area contributed by atoms with E-state index < -0.39 is 28.5 Å². The van der Waals surface area contributed by atoms with Gasteiger partial charge in [-0.05, 0) is 80.8 Å². The van der Waals surface area contributed by atoms with Crippen LogP contribution in [0.5, 0.6) is 5.75 Å². The lowest BCUT2D eigenvalue weighted by Gasteiger charge is -2.33. The van der Waals surface area contributed by atoms with Crippen LogP contribution in [0.1, 0.15) is 44.7 Å². The van der Waals surface area contributed by atoms with E-state index in [0.717, 1.165) is 26.3 Å². The van der Waals surface area contributed by atoms with Crippen molar-refractivity contribution in [1.82, 2.24) is 10.2 Å². The van der Waals surface area contributed by atoms with Crippen LogP contribution in [0, 0.1) is 6.92 Å². The molecule has 8 nitrogen and oxygen atoms in total. The molecular weight excluding hydrogens is 606 g/mol. The summed E-state index contributed by atoms with van der Waals surface area (Å²) in [7, 11) is -2.54. The molecule has 0 aliphatic carbocycles. The molecule has 10 heteroatoms. The first-order valence-corrected chi connectivity index (χ1v) is 15.8. The van der Waals surface area contributed by atoms with Gasteiger partial charge < -0.3 is 15.0 Å². The number of nitrogens with one attached hydrogen (secondary N) is 1. The Morgan fingerprint density at radius 3 is 2.07 bits per heavy atom. The molecule has 0 aliphatic rings. The van der Waals surface area contributed by atoms with Crippen LogP contribution >= 0.6 is 15.9 Å². The van der Waals surface area contributed by atoms with E-state index in [2.05, 4.69) is 21.2 Å². The summed E-state index contributed by atoms with van der Waals surface area (Å²) < 4.78 is 35.0. The lowest BCUT2D eigenvalue weighted by Crippen LogP contribution is -2.53. The number of hydrogen-bond donors (Lipinski definition) is 1. The number of sulfonamides is 1. The Labute approximate surface area is 251 Å². The van der Waals surface area contributed by atoms with Gasteiger partial charge in [0.1, 0.15) is 18.3 Å². The van der Waals surface area contributed by atoms with Crippen molar-refractivity contribution < 1.29 is 22.7 Å². The molecule has 2 atom stereocenters. The summed E-state index contributed by atoms with van der Waals surface area (Å²) in [6.07, 6.45) is 1.09. The van der Waals surface area contributed by atoms with E-state index >= 15 is 0 Å². The highest BCUT2D eigenvalue weighted by Gasteiger charge is 2.34.